The highest BCUT2D eigenvalue weighted by Gasteiger charge is 2.21. The largest absolute Gasteiger partial charge is 0.492 e. The topological polar surface area (TPSA) is 35.9 Å². The Morgan fingerprint density at radius 2 is 1.65 bits per heavy atom. The lowest BCUT2D eigenvalue weighted by atomic mass is 10.1. The van der Waals surface area contributed by atoms with E-state index in [0.29, 0.717) is 23.7 Å². The fourth-order valence-electron chi connectivity index (χ4n) is 3.11. The van der Waals surface area contributed by atoms with Crippen LogP contribution in [0.2, 0.25) is 5.02 Å². The molecule has 4 nitrogen and oxygen atoms in total. The first-order valence-corrected chi connectivity index (χ1v) is 9.25. The maximum Gasteiger partial charge on any atom is 0.129 e. The average Bonchev–Trinajstić information content (AvgIpc) is 2.65. The predicted octanol–water partition coefficient (Wildman–Crippen LogP) is 3.21. The van der Waals surface area contributed by atoms with Crippen LogP contribution in [0.15, 0.2) is 48.5 Å². The zero-order chi connectivity index (χ0) is 18.4. The van der Waals surface area contributed by atoms with E-state index < -0.39 is 6.10 Å². The third kappa shape index (κ3) is 5.42. The summed E-state index contributed by atoms with van der Waals surface area (Å²) < 4.78 is 19.5. The number of hydrogen-bond donors (Lipinski definition) is 1. The lowest BCUT2D eigenvalue weighted by molar-refractivity contribution is 0.0661. The molecule has 26 heavy (non-hydrogen) atoms. The third-order valence-electron chi connectivity index (χ3n) is 4.65. The highest BCUT2D eigenvalue weighted by atomic mass is 35.5. The molecule has 1 atom stereocenters. The van der Waals surface area contributed by atoms with E-state index >= 15 is 0 Å². The van der Waals surface area contributed by atoms with Crippen molar-refractivity contribution in [2.24, 2.45) is 0 Å². The van der Waals surface area contributed by atoms with Crippen LogP contribution in [0.4, 0.5) is 4.39 Å². The van der Waals surface area contributed by atoms with E-state index in [4.69, 9.17) is 16.3 Å². The Kier molecular flexibility index (Phi) is 6.86. The van der Waals surface area contributed by atoms with Gasteiger partial charge in [0.15, 0.2) is 0 Å². The molecule has 2 aromatic rings. The van der Waals surface area contributed by atoms with Gasteiger partial charge >= 0.3 is 0 Å². The molecule has 2 aromatic carbocycles. The van der Waals surface area contributed by atoms with Gasteiger partial charge in [-0.15, -0.1) is 0 Å². The summed E-state index contributed by atoms with van der Waals surface area (Å²) in [6.45, 7) is 5.46. The number of hydrogen-bond acceptors (Lipinski definition) is 4. The van der Waals surface area contributed by atoms with E-state index in [2.05, 4.69) is 9.80 Å². The van der Waals surface area contributed by atoms with E-state index in [-0.39, 0.29) is 5.82 Å². The molecule has 1 fully saturated rings. The van der Waals surface area contributed by atoms with Gasteiger partial charge in [-0.3, -0.25) is 9.80 Å². The van der Waals surface area contributed by atoms with Gasteiger partial charge in [0.25, 0.3) is 0 Å². The standard InChI is InChI=1S/C20H24ClFN2O2/c21-16-5-7-17(8-6-16)26-14-13-23-9-11-24(12-10-23)15-20(25)18-3-1-2-4-19(18)22/h1-8,20,25H,9-15H2. The second kappa shape index (κ2) is 9.33. The molecule has 0 saturated carbocycles. The Labute approximate surface area is 158 Å². The number of benzene rings is 2. The lowest BCUT2D eigenvalue weighted by Crippen LogP contribution is -2.48. The Hall–Kier alpha value is -1.66. The molecule has 0 radical (unpaired) electrons. The molecule has 1 heterocycles. The summed E-state index contributed by atoms with van der Waals surface area (Å²) in [5, 5.41) is 11.0. The molecule has 140 valence electrons. The van der Waals surface area contributed by atoms with Crippen molar-refractivity contribution in [2.45, 2.75) is 6.10 Å². The van der Waals surface area contributed by atoms with Crippen LogP contribution in [0, 0.1) is 5.82 Å². The minimum absolute atomic E-state index is 0.349. The Morgan fingerprint density at radius 1 is 1.00 bits per heavy atom. The molecular weight excluding hydrogens is 355 g/mol. The third-order valence-corrected chi connectivity index (χ3v) is 4.90. The van der Waals surface area contributed by atoms with Crippen molar-refractivity contribution < 1.29 is 14.2 Å². The normalized spacial score (nSPS) is 17.2. The van der Waals surface area contributed by atoms with Gasteiger partial charge in [0.05, 0.1) is 6.10 Å². The molecule has 1 aliphatic rings. The molecule has 3 rings (SSSR count). The molecule has 1 aliphatic heterocycles. The maximum atomic E-state index is 13.7. The van der Waals surface area contributed by atoms with E-state index in [1.807, 2.05) is 24.3 Å². The number of piperazine rings is 1. The first kappa shape index (κ1) is 19.1. The summed E-state index contributed by atoms with van der Waals surface area (Å²) in [4.78, 5) is 4.51. The summed E-state index contributed by atoms with van der Waals surface area (Å²) in [6.07, 6.45) is -0.795. The second-order valence-electron chi connectivity index (χ2n) is 6.48. The highest BCUT2D eigenvalue weighted by Crippen LogP contribution is 2.19. The van der Waals surface area contributed by atoms with Crippen LogP contribution < -0.4 is 4.74 Å². The maximum absolute atomic E-state index is 13.7. The van der Waals surface area contributed by atoms with Crippen LogP contribution >= 0.6 is 11.6 Å². The predicted molar refractivity (Wildman–Crippen MR) is 101 cm³/mol. The number of β-amino-alcohol motifs (C(OH)–C–C–N with tert-alkyl or cyclic N) is 1. The van der Waals surface area contributed by atoms with Gasteiger partial charge in [-0.1, -0.05) is 29.8 Å². The van der Waals surface area contributed by atoms with E-state index in [1.165, 1.54) is 6.07 Å². The van der Waals surface area contributed by atoms with Crippen molar-refractivity contribution in [1.82, 2.24) is 9.80 Å². The van der Waals surface area contributed by atoms with Gasteiger partial charge in [0.1, 0.15) is 18.2 Å². The van der Waals surface area contributed by atoms with Crippen LogP contribution in [-0.2, 0) is 0 Å². The molecule has 1 N–H and O–H groups in total. The number of halogens is 2. The van der Waals surface area contributed by atoms with Crippen LogP contribution in [0.25, 0.3) is 0 Å². The SMILES string of the molecule is OC(CN1CCN(CCOc2ccc(Cl)cc2)CC1)c1ccccc1F. The molecule has 0 aliphatic carbocycles. The minimum Gasteiger partial charge on any atom is -0.492 e. The molecule has 6 heteroatoms. The van der Waals surface area contributed by atoms with Crippen LogP contribution in [0.3, 0.4) is 0 Å². The molecule has 0 bridgehead atoms. The zero-order valence-corrected chi connectivity index (χ0v) is 15.4. The van der Waals surface area contributed by atoms with Crippen LogP contribution in [-0.4, -0.2) is 60.8 Å². The van der Waals surface area contributed by atoms with Crippen LogP contribution in [0.1, 0.15) is 11.7 Å². The lowest BCUT2D eigenvalue weighted by Gasteiger charge is -2.35. The van der Waals surface area contributed by atoms with Crippen molar-refractivity contribution in [3.8, 4) is 5.75 Å². The first-order chi connectivity index (χ1) is 12.6. The van der Waals surface area contributed by atoms with Crippen molar-refractivity contribution in [3.63, 3.8) is 0 Å². The summed E-state index contributed by atoms with van der Waals surface area (Å²) in [5.41, 5.74) is 0.367. The van der Waals surface area contributed by atoms with Gasteiger partial charge in [0, 0.05) is 49.9 Å². The Balaban J connectivity index is 1.37. The summed E-state index contributed by atoms with van der Waals surface area (Å²) in [5.74, 6) is 0.471. The van der Waals surface area contributed by atoms with Crippen LogP contribution in [0.5, 0.6) is 5.75 Å². The fourth-order valence-corrected chi connectivity index (χ4v) is 3.23. The van der Waals surface area contributed by atoms with Crippen molar-refractivity contribution in [3.05, 3.63) is 64.9 Å². The summed E-state index contributed by atoms with van der Waals surface area (Å²) >= 11 is 5.86. The molecule has 0 aromatic heterocycles. The molecule has 0 spiro atoms. The number of ether oxygens (including phenoxy) is 1. The smallest absolute Gasteiger partial charge is 0.129 e. The van der Waals surface area contributed by atoms with Gasteiger partial charge in [0.2, 0.25) is 0 Å². The number of rotatable bonds is 7. The molecule has 1 saturated heterocycles. The Morgan fingerprint density at radius 3 is 2.35 bits per heavy atom. The second-order valence-corrected chi connectivity index (χ2v) is 6.92. The quantitative estimate of drug-likeness (QED) is 0.802. The fraction of sp³-hybridized carbons (Fsp3) is 0.400. The van der Waals surface area contributed by atoms with Gasteiger partial charge in [-0.05, 0) is 30.3 Å². The first-order valence-electron chi connectivity index (χ1n) is 8.87. The monoisotopic (exact) mass is 378 g/mol. The van der Waals surface area contributed by atoms with Crippen molar-refractivity contribution >= 4 is 11.6 Å². The summed E-state index contributed by atoms with van der Waals surface area (Å²) in [6, 6.07) is 13.8. The van der Waals surface area contributed by atoms with E-state index in [1.54, 1.807) is 18.2 Å². The highest BCUT2D eigenvalue weighted by molar-refractivity contribution is 6.30. The Bertz CT molecular complexity index is 690. The molecular formula is C20H24ClFN2O2. The van der Waals surface area contributed by atoms with E-state index in [0.717, 1.165) is 38.5 Å². The van der Waals surface area contributed by atoms with Crippen molar-refractivity contribution in [1.29, 1.82) is 0 Å². The zero-order valence-electron chi connectivity index (χ0n) is 14.7. The minimum atomic E-state index is -0.795. The number of aliphatic hydroxyl groups is 1. The number of nitrogens with zero attached hydrogens (tertiary/aromatic N) is 2. The molecule has 0 amide bonds. The van der Waals surface area contributed by atoms with E-state index in [9.17, 15) is 9.50 Å². The summed E-state index contributed by atoms with van der Waals surface area (Å²) in [7, 11) is 0. The van der Waals surface area contributed by atoms with Gasteiger partial charge < -0.3 is 9.84 Å². The van der Waals surface area contributed by atoms with Gasteiger partial charge in [-0.25, -0.2) is 4.39 Å². The van der Waals surface area contributed by atoms with Gasteiger partial charge in [-0.2, -0.15) is 0 Å². The van der Waals surface area contributed by atoms with Crippen molar-refractivity contribution in [2.75, 3.05) is 45.9 Å². The molecule has 1 unspecified atom stereocenters. The number of aliphatic hydroxyl groups excluding tert-OH is 1. The average molecular weight is 379 g/mol.